The molecule has 0 fully saturated rings. The molecule has 68 valence electrons. The van der Waals surface area contributed by atoms with Crippen molar-refractivity contribution >= 4 is 23.4 Å². The third kappa shape index (κ3) is 3.80. The van der Waals surface area contributed by atoms with Gasteiger partial charge in [0.2, 0.25) is 0 Å². The second kappa shape index (κ2) is 7.20. The topological polar surface area (TPSA) is 20.2 Å². The zero-order chi connectivity index (χ0) is 7.40. The molecule has 1 nitrogen and oxygen atoms in total. The molecule has 1 unspecified atom stereocenters. The van der Waals surface area contributed by atoms with Gasteiger partial charge in [0.05, 0.1) is 0 Å². The van der Waals surface area contributed by atoms with E-state index in [4.69, 9.17) is 0 Å². The van der Waals surface area contributed by atoms with Crippen LogP contribution in [0.1, 0.15) is 5.56 Å². The predicted molar refractivity (Wildman–Crippen MR) is 63.5 cm³/mol. The largest absolute Gasteiger partial charge is 0.508 e. The molecule has 1 aromatic rings. The number of phenols is 1. The number of benzene rings is 1. The van der Waals surface area contributed by atoms with Crippen LogP contribution < -0.4 is 0 Å². The molecule has 0 aliphatic heterocycles. The van der Waals surface area contributed by atoms with Crippen LogP contribution in [-0.4, -0.2) is 5.11 Å². The second-order valence-electron chi connectivity index (χ2n) is 2.12. The van der Waals surface area contributed by atoms with Crippen LogP contribution in [0.2, 0.25) is 0 Å². The van der Waals surface area contributed by atoms with Gasteiger partial charge in [-0.3, -0.25) is 0 Å². The van der Waals surface area contributed by atoms with Crippen molar-refractivity contribution in [2.75, 3.05) is 0 Å². The standard InChI is InChI=1S/C9H10O.H3P.H2S/c1-2-5-8-6-3-4-7-9(8)10;;/h2-4,6-7,10H,1,5H2;1H3;1H2. The third-order valence-electron chi connectivity index (χ3n) is 1.36. The summed E-state index contributed by atoms with van der Waals surface area (Å²) in [4.78, 5) is 0. The molecule has 1 atom stereocenters. The first-order valence-corrected chi connectivity index (χ1v) is 3.22. The summed E-state index contributed by atoms with van der Waals surface area (Å²) < 4.78 is 0. The highest BCUT2D eigenvalue weighted by molar-refractivity contribution is 7.59. The van der Waals surface area contributed by atoms with Crippen molar-refractivity contribution < 1.29 is 5.11 Å². The van der Waals surface area contributed by atoms with Gasteiger partial charge in [0.1, 0.15) is 5.75 Å². The lowest BCUT2D eigenvalue weighted by Gasteiger charge is -1.97. The van der Waals surface area contributed by atoms with Crippen LogP contribution in [0.5, 0.6) is 5.75 Å². The number of aromatic hydroxyl groups is 1. The Morgan fingerprint density at radius 2 is 1.92 bits per heavy atom. The summed E-state index contributed by atoms with van der Waals surface area (Å²) in [7, 11) is 0. The molecular formula is C9H15OPS. The fraction of sp³-hybridized carbons (Fsp3) is 0.111. The van der Waals surface area contributed by atoms with E-state index in [9.17, 15) is 5.11 Å². The lowest BCUT2D eigenvalue weighted by atomic mass is 10.1. The van der Waals surface area contributed by atoms with Gasteiger partial charge < -0.3 is 5.11 Å². The van der Waals surface area contributed by atoms with E-state index >= 15 is 0 Å². The number of para-hydroxylation sites is 1. The predicted octanol–water partition coefficient (Wildman–Crippen LogP) is 2.29. The van der Waals surface area contributed by atoms with Crippen LogP contribution in [0.25, 0.3) is 0 Å². The molecule has 0 saturated heterocycles. The third-order valence-corrected chi connectivity index (χ3v) is 1.36. The van der Waals surface area contributed by atoms with E-state index in [-0.39, 0.29) is 23.4 Å². The second-order valence-corrected chi connectivity index (χ2v) is 2.12. The van der Waals surface area contributed by atoms with Crippen molar-refractivity contribution in [2.24, 2.45) is 0 Å². The molecule has 0 aliphatic rings. The molecule has 0 amide bonds. The van der Waals surface area contributed by atoms with Crippen molar-refractivity contribution in [2.45, 2.75) is 6.42 Å². The van der Waals surface area contributed by atoms with E-state index in [0.717, 1.165) is 12.0 Å². The zero-order valence-corrected chi connectivity index (χ0v) is 9.37. The molecule has 3 heteroatoms. The first-order valence-electron chi connectivity index (χ1n) is 3.22. The Labute approximate surface area is 83.6 Å². The summed E-state index contributed by atoms with van der Waals surface area (Å²) in [5.74, 6) is 0.349. The average Bonchev–Trinajstić information content (AvgIpc) is 1.94. The van der Waals surface area contributed by atoms with Gasteiger partial charge in [0.15, 0.2) is 0 Å². The van der Waals surface area contributed by atoms with E-state index in [1.54, 1.807) is 12.1 Å². The Morgan fingerprint density at radius 3 is 2.42 bits per heavy atom. The van der Waals surface area contributed by atoms with E-state index in [1.165, 1.54) is 0 Å². The Bertz CT molecular complexity index is 238. The molecule has 0 spiro atoms. The first-order chi connectivity index (χ1) is 4.84. The molecule has 0 aliphatic carbocycles. The van der Waals surface area contributed by atoms with Crippen molar-refractivity contribution in [3.05, 3.63) is 42.5 Å². The summed E-state index contributed by atoms with van der Waals surface area (Å²) in [6.45, 7) is 3.59. The minimum Gasteiger partial charge on any atom is -0.508 e. The van der Waals surface area contributed by atoms with Crippen molar-refractivity contribution in [1.29, 1.82) is 0 Å². The fourth-order valence-corrected chi connectivity index (χ4v) is 0.839. The van der Waals surface area contributed by atoms with Gasteiger partial charge in [0, 0.05) is 0 Å². The Hall–Kier alpha value is -0.460. The minimum absolute atomic E-state index is 0. The van der Waals surface area contributed by atoms with E-state index in [2.05, 4.69) is 6.58 Å². The Kier molecular flexibility index (Phi) is 8.46. The molecule has 1 rings (SSSR count). The van der Waals surface area contributed by atoms with E-state index < -0.39 is 0 Å². The molecule has 0 saturated carbocycles. The molecule has 0 heterocycles. The maximum Gasteiger partial charge on any atom is 0.119 e. The number of phenolic OH excluding ortho intramolecular Hbond substituents is 1. The number of rotatable bonds is 2. The van der Waals surface area contributed by atoms with Gasteiger partial charge in [-0.05, 0) is 18.1 Å². The van der Waals surface area contributed by atoms with Crippen molar-refractivity contribution in [1.82, 2.24) is 0 Å². The molecule has 12 heavy (non-hydrogen) atoms. The van der Waals surface area contributed by atoms with Crippen molar-refractivity contribution in [3.63, 3.8) is 0 Å². The lowest BCUT2D eigenvalue weighted by Crippen LogP contribution is -1.79. The molecule has 0 aromatic heterocycles. The quantitative estimate of drug-likeness (QED) is 0.576. The smallest absolute Gasteiger partial charge is 0.119 e. The Morgan fingerprint density at radius 1 is 1.33 bits per heavy atom. The minimum atomic E-state index is 0. The molecular weight excluding hydrogens is 187 g/mol. The van der Waals surface area contributed by atoms with Gasteiger partial charge in [-0.1, -0.05) is 24.3 Å². The molecule has 0 radical (unpaired) electrons. The normalized spacial score (nSPS) is 7.67. The van der Waals surface area contributed by atoms with Crippen LogP contribution in [0.3, 0.4) is 0 Å². The number of hydrogen-bond acceptors (Lipinski definition) is 1. The average molecular weight is 202 g/mol. The highest BCUT2D eigenvalue weighted by Gasteiger charge is 1.93. The zero-order valence-electron chi connectivity index (χ0n) is 6.96. The monoisotopic (exact) mass is 202 g/mol. The van der Waals surface area contributed by atoms with Crippen LogP contribution in [-0.2, 0) is 6.42 Å². The summed E-state index contributed by atoms with van der Waals surface area (Å²) in [5.41, 5.74) is 0.928. The molecule has 1 N–H and O–H groups in total. The maximum atomic E-state index is 9.19. The van der Waals surface area contributed by atoms with Gasteiger partial charge in [0.25, 0.3) is 0 Å². The van der Waals surface area contributed by atoms with Crippen LogP contribution in [0, 0.1) is 0 Å². The summed E-state index contributed by atoms with van der Waals surface area (Å²) in [6, 6.07) is 7.27. The van der Waals surface area contributed by atoms with Crippen LogP contribution in [0.4, 0.5) is 0 Å². The van der Waals surface area contributed by atoms with Crippen LogP contribution in [0.15, 0.2) is 36.9 Å². The summed E-state index contributed by atoms with van der Waals surface area (Å²) in [5, 5.41) is 9.19. The fourth-order valence-electron chi connectivity index (χ4n) is 0.839. The van der Waals surface area contributed by atoms with Gasteiger partial charge in [-0.25, -0.2) is 0 Å². The van der Waals surface area contributed by atoms with Gasteiger partial charge in [-0.2, -0.15) is 23.4 Å². The summed E-state index contributed by atoms with van der Waals surface area (Å²) >= 11 is 0. The number of allylic oxidation sites excluding steroid dienone is 1. The molecule has 0 bridgehead atoms. The van der Waals surface area contributed by atoms with E-state index in [0.29, 0.717) is 5.75 Å². The van der Waals surface area contributed by atoms with Gasteiger partial charge in [-0.15, -0.1) is 6.58 Å². The highest BCUT2D eigenvalue weighted by Crippen LogP contribution is 2.15. The van der Waals surface area contributed by atoms with E-state index in [1.807, 2.05) is 18.2 Å². The van der Waals surface area contributed by atoms with Crippen molar-refractivity contribution in [3.8, 4) is 5.75 Å². The van der Waals surface area contributed by atoms with Crippen LogP contribution >= 0.6 is 23.4 Å². The maximum absolute atomic E-state index is 9.19. The lowest BCUT2D eigenvalue weighted by molar-refractivity contribution is 0.470. The summed E-state index contributed by atoms with van der Waals surface area (Å²) in [6.07, 6.45) is 2.50. The van der Waals surface area contributed by atoms with Gasteiger partial charge >= 0.3 is 0 Å². The molecule has 1 aromatic carbocycles. The Balaban J connectivity index is 0. The number of hydrogen-bond donors (Lipinski definition) is 1. The first kappa shape index (κ1) is 14.1. The highest BCUT2D eigenvalue weighted by atomic mass is 32.1. The SMILES string of the molecule is C=CCc1ccccc1O.P.S.